The SMILES string of the molecule is CN(C)Cc1ccc(C(=O)N2CCC[C@H](c3ccn[nH]3)C2)o1. The molecular weight excluding hydrogens is 280 g/mol. The van der Waals surface area contributed by atoms with Crippen molar-refractivity contribution in [1.82, 2.24) is 20.0 Å². The summed E-state index contributed by atoms with van der Waals surface area (Å²) in [7, 11) is 3.95. The number of likely N-dealkylation sites (tertiary alicyclic amines) is 1. The summed E-state index contributed by atoms with van der Waals surface area (Å²) >= 11 is 0. The molecule has 3 rings (SSSR count). The van der Waals surface area contributed by atoms with Gasteiger partial charge in [0, 0.05) is 30.9 Å². The Labute approximate surface area is 130 Å². The van der Waals surface area contributed by atoms with Crippen LogP contribution in [0.1, 0.15) is 40.8 Å². The summed E-state index contributed by atoms with van der Waals surface area (Å²) < 4.78 is 5.68. The maximum Gasteiger partial charge on any atom is 0.289 e. The predicted octanol–water partition coefficient (Wildman–Crippen LogP) is 2.08. The highest BCUT2D eigenvalue weighted by Crippen LogP contribution is 2.26. The fourth-order valence-corrected chi connectivity index (χ4v) is 2.95. The van der Waals surface area contributed by atoms with E-state index in [1.807, 2.05) is 36.0 Å². The molecule has 0 bridgehead atoms. The lowest BCUT2D eigenvalue weighted by atomic mass is 9.95. The zero-order valence-corrected chi connectivity index (χ0v) is 13.1. The van der Waals surface area contributed by atoms with Gasteiger partial charge in [-0.2, -0.15) is 5.10 Å². The average molecular weight is 302 g/mol. The number of aromatic nitrogens is 2. The van der Waals surface area contributed by atoms with Gasteiger partial charge in [0.15, 0.2) is 5.76 Å². The summed E-state index contributed by atoms with van der Waals surface area (Å²) in [5.41, 5.74) is 1.10. The average Bonchev–Trinajstić information content (AvgIpc) is 3.17. The van der Waals surface area contributed by atoms with E-state index in [0.29, 0.717) is 24.8 Å². The number of rotatable bonds is 4. The minimum Gasteiger partial charge on any atom is -0.455 e. The first-order chi connectivity index (χ1) is 10.6. The van der Waals surface area contributed by atoms with Gasteiger partial charge < -0.3 is 14.2 Å². The van der Waals surface area contributed by atoms with E-state index in [1.165, 1.54) is 0 Å². The van der Waals surface area contributed by atoms with Crippen LogP contribution < -0.4 is 0 Å². The van der Waals surface area contributed by atoms with Crippen molar-refractivity contribution in [3.63, 3.8) is 0 Å². The Kier molecular flexibility index (Phi) is 4.29. The van der Waals surface area contributed by atoms with Crippen LogP contribution in [0.5, 0.6) is 0 Å². The minimum absolute atomic E-state index is 0.0192. The molecule has 0 radical (unpaired) electrons. The predicted molar refractivity (Wildman–Crippen MR) is 82.6 cm³/mol. The molecule has 0 aromatic carbocycles. The number of piperidine rings is 1. The minimum atomic E-state index is -0.0192. The van der Waals surface area contributed by atoms with Crippen LogP contribution in [-0.2, 0) is 6.54 Å². The van der Waals surface area contributed by atoms with Gasteiger partial charge in [0.1, 0.15) is 5.76 Å². The zero-order chi connectivity index (χ0) is 15.5. The summed E-state index contributed by atoms with van der Waals surface area (Å²) in [6.45, 7) is 2.20. The molecule has 0 aliphatic carbocycles. The van der Waals surface area contributed by atoms with E-state index in [0.717, 1.165) is 30.8 Å². The van der Waals surface area contributed by atoms with E-state index >= 15 is 0 Å². The molecule has 0 unspecified atom stereocenters. The van der Waals surface area contributed by atoms with Gasteiger partial charge in [-0.15, -0.1) is 0 Å². The van der Waals surface area contributed by atoms with Crippen molar-refractivity contribution in [2.45, 2.75) is 25.3 Å². The summed E-state index contributed by atoms with van der Waals surface area (Å²) in [5, 5.41) is 7.02. The standard InChI is InChI=1S/C16H22N4O2/c1-19(2)11-13-5-6-15(22-13)16(21)20-9-3-4-12(10-20)14-7-8-17-18-14/h5-8,12H,3-4,9-11H2,1-2H3,(H,17,18)/t12-/m0/s1. The number of amides is 1. The van der Waals surface area contributed by atoms with Gasteiger partial charge >= 0.3 is 0 Å². The molecule has 1 saturated heterocycles. The maximum absolute atomic E-state index is 12.6. The lowest BCUT2D eigenvalue weighted by Crippen LogP contribution is -2.39. The van der Waals surface area contributed by atoms with Crippen LogP contribution in [0.3, 0.4) is 0 Å². The molecular formula is C16H22N4O2. The Bertz CT molecular complexity index is 618. The number of hydrogen-bond donors (Lipinski definition) is 1. The maximum atomic E-state index is 12.6. The second-order valence-electron chi connectivity index (χ2n) is 6.11. The lowest BCUT2D eigenvalue weighted by molar-refractivity contribution is 0.0670. The number of carbonyl (C=O) groups is 1. The summed E-state index contributed by atoms with van der Waals surface area (Å²) in [4.78, 5) is 16.5. The molecule has 1 aliphatic rings. The molecule has 1 atom stereocenters. The lowest BCUT2D eigenvalue weighted by Gasteiger charge is -2.31. The van der Waals surface area contributed by atoms with Crippen molar-refractivity contribution in [3.8, 4) is 0 Å². The Hall–Kier alpha value is -2.08. The molecule has 6 heteroatoms. The van der Waals surface area contributed by atoms with Crippen molar-refractivity contribution >= 4 is 5.91 Å². The van der Waals surface area contributed by atoms with Crippen molar-refractivity contribution in [3.05, 3.63) is 41.6 Å². The highest BCUT2D eigenvalue weighted by Gasteiger charge is 2.27. The van der Waals surface area contributed by atoms with E-state index in [9.17, 15) is 4.79 Å². The van der Waals surface area contributed by atoms with Gasteiger partial charge in [-0.25, -0.2) is 0 Å². The molecule has 22 heavy (non-hydrogen) atoms. The van der Waals surface area contributed by atoms with Gasteiger partial charge in [0.2, 0.25) is 0 Å². The number of nitrogens with one attached hydrogen (secondary N) is 1. The van der Waals surface area contributed by atoms with E-state index in [2.05, 4.69) is 10.2 Å². The van der Waals surface area contributed by atoms with Crippen molar-refractivity contribution in [1.29, 1.82) is 0 Å². The van der Waals surface area contributed by atoms with Gasteiger partial charge in [-0.3, -0.25) is 9.89 Å². The molecule has 2 aromatic rings. The smallest absolute Gasteiger partial charge is 0.289 e. The third kappa shape index (κ3) is 3.22. The Balaban J connectivity index is 1.67. The van der Waals surface area contributed by atoms with Crippen molar-refractivity contribution in [2.75, 3.05) is 27.2 Å². The second-order valence-corrected chi connectivity index (χ2v) is 6.11. The highest BCUT2D eigenvalue weighted by molar-refractivity contribution is 5.91. The first-order valence-electron chi connectivity index (χ1n) is 7.65. The summed E-state index contributed by atoms with van der Waals surface area (Å²) in [6.07, 6.45) is 3.84. The topological polar surface area (TPSA) is 65.4 Å². The van der Waals surface area contributed by atoms with Crippen LogP contribution in [0.2, 0.25) is 0 Å². The molecule has 2 aromatic heterocycles. The van der Waals surface area contributed by atoms with E-state index in [4.69, 9.17) is 4.42 Å². The summed E-state index contributed by atoms with van der Waals surface area (Å²) in [6, 6.07) is 5.64. The molecule has 0 spiro atoms. The van der Waals surface area contributed by atoms with Gasteiger partial charge in [-0.1, -0.05) is 0 Å². The Morgan fingerprint density at radius 3 is 3.05 bits per heavy atom. The Morgan fingerprint density at radius 1 is 1.45 bits per heavy atom. The molecule has 3 heterocycles. The monoisotopic (exact) mass is 302 g/mol. The molecule has 6 nitrogen and oxygen atoms in total. The zero-order valence-electron chi connectivity index (χ0n) is 13.1. The fourth-order valence-electron chi connectivity index (χ4n) is 2.95. The molecule has 118 valence electrons. The number of nitrogens with zero attached hydrogens (tertiary/aromatic N) is 3. The second kappa shape index (κ2) is 6.36. The summed E-state index contributed by atoms with van der Waals surface area (Å²) in [5.74, 6) is 1.56. The van der Waals surface area contributed by atoms with E-state index in [1.54, 1.807) is 12.3 Å². The van der Waals surface area contributed by atoms with Gasteiger partial charge in [0.25, 0.3) is 5.91 Å². The number of H-pyrrole nitrogens is 1. The van der Waals surface area contributed by atoms with Crippen LogP contribution in [0.4, 0.5) is 0 Å². The van der Waals surface area contributed by atoms with Crippen LogP contribution in [0, 0.1) is 0 Å². The number of aromatic amines is 1. The quantitative estimate of drug-likeness (QED) is 0.939. The van der Waals surface area contributed by atoms with Crippen LogP contribution in [0.15, 0.2) is 28.8 Å². The number of carbonyl (C=O) groups excluding carboxylic acids is 1. The normalized spacial score (nSPS) is 18.9. The Morgan fingerprint density at radius 2 is 2.32 bits per heavy atom. The van der Waals surface area contributed by atoms with Gasteiger partial charge in [0.05, 0.1) is 6.54 Å². The third-order valence-corrected chi connectivity index (χ3v) is 4.02. The van der Waals surface area contributed by atoms with Crippen LogP contribution >= 0.6 is 0 Å². The molecule has 1 N–H and O–H groups in total. The largest absolute Gasteiger partial charge is 0.455 e. The molecule has 0 saturated carbocycles. The van der Waals surface area contributed by atoms with Crippen molar-refractivity contribution < 1.29 is 9.21 Å². The number of hydrogen-bond acceptors (Lipinski definition) is 4. The number of furan rings is 1. The molecule has 1 amide bonds. The van der Waals surface area contributed by atoms with E-state index < -0.39 is 0 Å². The first kappa shape index (κ1) is 14.8. The van der Waals surface area contributed by atoms with Gasteiger partial charge in [-0.05, 0) is 45.1 Å². The fraction of sp³-hybridized carbons (Fsp3) is 0.500. The third-order valence-electron chi connectivity index (χ3n) is 4.02. The molecule has 1 aliphatic heterocycles. The first-order valence-corrected chi connectivity index (χ1v) is 7.65. The highest BCUT2D eigenvalue weighted by atomic mass is 16.4. The van der Waals surface area contributed by atoms with Crippen LogP contribution in [-0.4, -0.2) is 53.1 Å². The molecule has 1 fully saturated rings. The van der Waals surface area contributed by atoms with E-state index in [-0.39, 0.29) is 5.91 Å². The van der Waals surface area contributed by atoms with Crippen molar-refractivity contribution in [2.24, 2.45) is 0 Å². The van der Waals surface area contributed by atoms with Crippen LogP contribution in [0.25, 0.3) is 0 Å².